The van der Waals surface area contributed by atoms with E-state index in [9.17, 15) is 4.79 Å². The molecule has 24 heavy (non-hydrogen) atoms. The number of H-pyrrole nitrogens is 1. The highest BCUT2D eigenvalue weighted by Gasteiger charge is 2.14. The molecule has 0 unspecified atom stereocenters. The van der Waals surface area contributed by atoms with Gasteiger partial charge in [0.15, 0.2) is 6.61 Å². The van der Waals surface area contributed by atoms with E-state index in [-0.39, 0.29) is 18.6 Å². The minimum Gasteiger partial charge on any atom is -0.482 e. The quantitative estimate of drug-likeness (QED) is 0.740. The van der Waals surface area contributed by atoms with Gasteiger partial charge in [0, 0.05) is 0 Å². The number of aromatic nitrogens is 2. The van der Waals surface area contributed by atoms with E-state index in [1.54, 1.807) is 12.1 Å². The number of fused-ring (bicyclic) bond motifs is 1. The van der Waals surface area contributed by atoms with Crippen LogP contribution in [0.2, 0.25) is 5.02 Å². The van der Waals surface area contributed by atoms with Gasteiger partial charge in [-0.1, -0.05) is 29.8 Å². The van der Waals surface area contributed by atoms with Crippen molar-refractivity contribution in [1.29, 1.82) is 0 Å². The molecule has 6 heteroatoms. The first-order valence-corrected chi connectivity index (χ1v) is 8.03. The zero-order valence-corrected chi connectivity index (χ0v) is 14.2. The molecule has 3 aromatic rings. The van der Waals surface area contributed by atoms with Crippen molar-refractivity contribution in [2.45, 2.75) is 19.9 Å². The van der Waals surface area contributed by atoms with Gasteiger partial charge in [0.1, 0.15) is 11.6 Å². The number of benzene rings is 2. The van der Waals surface area contributed by atoms with Crippen LogP contribution in [0.25, 0.3) is 11.0 Å². The van der Waals surface area contributed by atoms with Gasteiger partial charge >= 0.3 is 0 Å². The molecule has 124 valence electrons. The van der Waals surface area contributed by atoms with Crippen molar-refractivity contribution in [1.82, 2.24) is 15.3 Å². The van der Waals surface area contributed by atoms with E-state index in [1.807, 2.05) is 44.2 Å². The number of nitrogens with zero attached hydrogens (tertiary/aromatic N) is 1. The predicted octanol–water partition coefficient (Wildman–Crippen LogP) is 3.78. The number of carbonyl (C=O) groups is 1. The summed E-state index contributed by atoms with van der Waals surface area (Å²) in [6, 6.07) is 12.9. The Balaban J connectivity index is 1.60. The van der Waals surface area contributed by atoms with Crippen molar-refractivity contribution in [3.05, 3.63) is 58.9 Å². The molecule has 1 aromatic heterocycles. The van der Waals surface area contributed by atoms with Gasteiger partial charge in [-0.15, -0.1) is 0 Å². The van der Waals surface area contributed by atoms with Crippen LogP contribution >= 0.6 is 11.6 Å². The van der Waals surface area contributed by atoms with Crippen LogP contribution < -0.4 is 10.1 Å². The van der Waals surface area contributed by atoms with E-state index in [1.165, 1.54) is 0 Å². The van der Waals surface area contributed by atoms with Gasteiger partial charge in [-0.2, -0.15) is 0 Å². The molecule has 3 rings (SSSR count). The molecule has 0 saturated carbocycles. The van der Waals surface area contributed by atoms with Crippen LogP contribution in [0.1, 0.15) is 24.4 Å². The van der Waals surface area contributed by atoms with Gasteiger partial charge < -0.3 is 15.0 Å². The first-order valence-electron chi connectivity index (χ1n) is 7.66. The average Bonchev–Trinajstić information content (AvgIpc) is 3.00. The highest BCUT2D eigenvalue weighted by Crippen LogP contribution is 2.25. The van der Waals surface area contributed by atoms with Crippen LogP contribution in [0, 0.1) is 6.92 Å². The van der Waals surface area contributed by atoms with Crippen LogP contribution in [-0.2, 0) is 4.79 Å². The van der Waals surface area contributed by atoms with Gasteiger partial charge in [-0.3, -0.25) is 4.79 Å². The van der Waals surface area contributed by atoms with Crippen molar-refractivity contribution in [3.63, 3.8) is 0 Å². The van der Waals surface area contributed by atoms with Crippen LogP contribution in [0.5, 0.6) is 5.75 Å². The van der Waals surface area contributed by atoms with E-state index in [0.717, 1.165) is 16.6 Å². The van der Waals surface area contributed by atoms with Gasteiger partial charge in [0.25, 0.3) is 5.91 Å². The van der Waals surface area contributed by atoms with E-state index in [2.05, 4.69) is 15.3 Å². The van der Waals surface area contributed by atoms with Crippen LogP contribution in [-0.4, -0.2) is 22.5 Å². The predicted molar refractivity (Wildman–Crippen MR) is 94.3 cm³/mol. The van der Waals surface area contributed by atoms with Crippen LogP contribution in [0.15, 0.2) is 42.5 Å². The summed E-state index contributed by atoms with van der Waals surface area (Å²) in [6.07, 6.45) is 0. The van der Waals surface area contributed by atoms with E-state index in [4.69, 9.17) is 16.3 Å². The van der Waals surface area contributed by atoms with Crippen LogP contribution in [0.4, 0.5) is 0 Å². The first-order chi connectivity index (χ1) is 11.5. The minimum absolute atomic E-state index is 0.103. The standard InChI is InChI=1S/C18H18ClN3O2/c1-11-7-8-13(19)16(9-11)24-10-17(23)20-12(2)18-21-14-5-3-4-6-15(14)22-18/h3-9,12H,10H2,1-2H3,(H,20,23)(H,21,22)/t12-/m0/s1. The lowest BCUT2D eigenvalue weighted by atomic mass is 10.2. The Hall–Kier alpha value is -2.53. The number of imidazole rings is 1. The number of carbonyl (C=O) groups excluding carboxylic acids is 1. The van der Waals surface area contributed by atoms with Gasteiger partial charge in [-0.05, 0) is 43.7 Å². The summed E-state index contributed by atoms with van der Waals surface area (Å²) in [5.74, 6) is 0.974. The van der Waals surface area contributed by atoms with E-state index in [0.29, 0.717) is 16.6 Å². The molecule has 0 aliphatic heterocycles. The summed E-state index contributed by atoms with van der Waals surface area (Å²) in [7, 11) is 0. The van der Waals surface area contributed by atoms with Crippen molar-refractivity contribution in [2.75, 3.05) is 6.61 Å². The van der Waals surface area contributed by atoms with Crippen molar-refractivity contribution < 1.29 is 9.53 Å². The van der Waals surface area contributed by atoms with Crippen LogP contribution in [0.3, 0.4) is 0 Å². The summed E-state index contributed by atoms with van der Waals surface area (Å²) < 4.78 is 5.50. The number of nitrogens with one attached hydrogen (secondary N) is 2. The lowest BCUT2D eigenvalue weighted by Gasteiger charge is -2.13. The molecule has 0 radical (unpaired) electrons. The Morgan fingerprint density at radius 2 is 2.12 bits per heavy atom. The molecule has 0 aliphatic rings. The summed E-state index contributed by atoms with van der Waals surface area (Å²) in [4.78, 5) is 19.8. The number of hydrogen-bond donors (Lipinski definition) is 2. The molecule has 2 N–H and O–H groups in total. The Morgan fingerprint density at radius 1 is 1.33 bits per heavy atom. The fraction of sp³-hybridized carbons (Fsp3) is 0.222. The maximum absolute atomic E-state index is 12.1. The molecular formula is C18H18ClN3O2. The number of aromatic amines is 1. The van der Waals surface area contributed by atoms with Gasteiger partial charge in [0.05, 0.1) is 22.1 Å². The molecular weight excluding hydrogens is 326 g/mol. The normalized spacial score (nSPS) is 12.1. The highest BCUT2D eigenvalue weighted by atomic mass is 35.5. The monoisotopic (exact) mass is 343 g/mol. The zero-order valence-electron chi connectivity index (χ0n) is 13.5. The van der Waals surface area contributed by atoms with E-state index >= 15 is 0 Å². The van der Waals surface area contributed by atoms with E-state index < -0.39 is 0 Å². The lowest BCUT2D eigenvalue weighted by molar-refractivity contribution is -0.123. The topological polar surface area (TPSA) is 67.0 Å². The molecule has 5 nitrogen and oxygen atoms in total. The number of halogens is 1. The molecule has 0 spiro atoms. The third-order valence-corrected chi connectivity index (χ3v) is 3.95. The third kappa shape index (κ3) is 3.68. The molecule has 1 heterocycles. The molecule has 2 aromatic carbocycles. The SMILES string of the molecule is Cc1ccc(Cl)c(OCC(=O)N[C@@H](C)c2nc3ccccc3[nH]2)c1. The highest BCUT2D eigenvalue weighted by molar-refractivity contribution is 6.32. The molecule has 0 saturated heterocycles. The Morgan fingerprint density at radius 3 is 2.92 bits per heavy atom. The second-order valence-corrected chi connectivity index (χ2v) is 6.06. The zero-order chi connectivity index (χ0) is 17.1. The Bertz CT molecular complexity index is 843. The third-order valence-electron chi connectivity index (χ3n) is 3.64. The lowest BCUT2D eigenvalue weighted by Crippen LogP contribution is -2.31. The molecule has 0 aliphatic carbocycles. The molecule has 1 atom stereocenters. The Kier molecular flexibility index (Phi) is 4.71. The fourth-order valence-electron chi connectivity index (χ4n) is 2.39. The maximum atomic E-state index is 12.1. The summed E-state index contributed by atoms with van der Waals surface area (Å²) in [5.41, 5.74) is 2.83. The van der Waals surface area contributed by atoms with Crippen molar-refractivity contribution >= 4 is 28.5 Å². The second kappa shape index (κ2) is 6.93. The first kappa shape index (κ1) is 16.3. The molecule has 1 amide bonds. The number of aryl methyl sites for hydroxylation is 1. The van der Waals surface area contributed by atoms with Gasteiger partial charge in [-0.25, -0.2) is 4.98 Å². The Labute approximate surface area is 145 Å². The van der Waals surface area contributed by atoms with Crippen molar-refractivity contribution in [3.8, 4) is 5.75 Å². The number of rotatable bonds is 5. The summed E-state index contributed by atoms with van der Waals surface area (Å²) in [6.45, 7) is 3.70. The number of ether oxygens (including phenoxy) is 1. The van der Waals surface area contributed by atoms with Gasteiger partial charge in [0.2, 0.25) is 0 Å². The number of hydrogen-bond acceptors (Lipinski definition) is 3. The van der Waals surface area contributed by atoms with Crippen molar-refractivity contribution in [2.24, 2.45) is 0 Å². The number of para-hydroxylation sites is 2. The summed E-state index contributed by atoms with van der Waals surface area (Å²) in [5, 5.41) is 3.35. The molecule has 0 bridgehead atoms. The largest absolute Gasteiger partial charge is 0.482 e. The minimum atomic E-state index is -0.249. The smallest absolute Gasteiger partial charge is 0.258 e. The summed E-state index contributed by atoms with van der Waals surface area (Å²) >= 11 is 6.05. The fourth-order valence-corrected chi connectivity index (χ4v) is 2.57. The maximum Gasteiger partial charge on any atom is 0.258 e. The average molecular weight is 344 g/mol. The number of amides is 1. The molecule has 0 fully saturated rings. The second-order valence-electron chi connectivity index (χ2n) is 5.65.